The van der Waals surface area contributed by atoms with E-state index in [1.807, 2.05) is 0 Å². The van der Waals surface area contributed by atoms with Gasteiger partial charge in [-0.15, -0.1) is 0 Å². The van der Waals surface area contributed by atoms with Crippen LogP contribution in [0, 0.1) is 0 Å². The third kappa shape index (κ3) is 5.44. The van der Waals surface area contributed by atoms with Crippen LogP contribution in [0.2, 0.25) is 0 Å². The summed E-state index contributed by atoms with van der Waals surface area (Å²) < 4.78 is 0. The quantitative estimate of drug-likeness (QED) is 0.318. The highest BCUT2D eigenvalue weighted by molar-refractivity contribution is 5.95. The minimum absolute atomic E-state index is 1.15. The van der Waals surface area contributed by atoms with Crippen LogP contribution in [0.4, 0.5) is 0 Å². The lowest BCUT2D eigenvalue weighted by Crippen LogP contribution is -2.10. The van der Waals surface area contributed by atoms with Gasteiger partial charge in [-0.05, 0) is 102 Å². The second-order valence-electron chi connectivity index (χ2n) is 8.81. The van der Waals surface area contributed by atoms with E-state index in [9.17, 15) is 0 Å². The average Bonchev–Trinajstić information content (AvgIpc) is 2.75. The molecule has 0 heteroatoms. The molecule has 0 bridgehead atoms. The fraction of sp³-hybridized carbons (Fsp3) is 0.655. The van der Waals surface area contributed by atoms with Crippen LogP contribution in [0.25, 0.3) is 10.8 Å². The minimum Gasteiger partial charge on any atom is -0.0654 e. The Morgan fingerprint density at radius 3 is 1.52 bits per heavy atom. The predicted octanol–water partition coefficient (Wildman–Crippen LogP) is 8.94. The number of unbranched alkanes of at least 4 members (excludes halogenated alkanes) is 3. The van der Waals surface area contributed by atoms with Crippen molar-refractivity contribution in [1.29, 1.82) is 0 Å². The molecule has 0 radical (unpaired) electrons. The van der Waals surface area contributed by atoms with Gasteiger partial charge in [0.2, 0.25) is 0 Å². The second-order valence-corrected chi connectivity index (χ2v) is 8.81. The SMILES string of the molecule is CCCCc1c(CCCC)c(CCC)c2c(CC)c(CC)ccc2c1CCCC. The van der Waals surface area contributed by atoms with Crippen molar-refractivity contribution in [2.75, 3.05) is 0 Å². The van der Waals surface area contributed by atoms with E-state index in [4.69, 9.17) is 0 Å². The molecule has 0 nitrogen and oxygen atoms in total. The number of rotatable bonds is 13. The summed E-state index contributed by atoms with van der Waals surface area (Å²) >= 11 is 0. The van der Waals surface area contributed by atoms with Crippen molar-refractivity contribution in [3.63, 3.8) is 0 Å². The Morgan fingerprint density at radius 1 is 0.483 bits per heavy atom. The van der Waals surface area contributed by atoms with Crippen LogP contribution < -0.4 is 0 Å². The molecule has 0 aliphatic carbocycles. The normalized spacial score (nSPS) is 11.5. The summed E-state index contributed by atoms with van der Waals surface area (Å²) in [5, 5.41) is 3.26. The van der Waals surface area contributed by atoms with Crippen molar-refractivity contribution in [3.8, 4) is 0 Å². The highest BCUT2D eigenvalue weighted by atomic mass is 14.3. The van der Waals surface area contributed by atoms with Crippen molar-refractivity contribution >= 4 is 10.8 Å². The van der Waals surface area contributed by atoms with E-state index in [2.05, 4.69) is 53.7 Å². The van der Waals surface area contributed by atoms with E-state index in [1.54, 1.807) is 44.2 Å². The Bertz CT molecular complexity index is 766. The fourth-order valence-corrected chi connectivity index (χ4v) is 5.18. The molecule has 2 aromatic rings. The molecule has 0 unspecified atom stereocenters. The summed E-state index contributed by atoms with van der Waals surface area (Å²) in [5.41, 5.74) is 10.1. The van der Waals surface area contributed by atoms with Gasteiger partial charge in [0.1, 0.15) is 0 Å². The molecule has 0 aliphatic heterocycles. The van der Waals surface area contributed by atoms with Gasteiger partial charge in [-0.3, -0.25) is 0 Å². The predicted molar refractivity (Wildman–Crippen MR) is 133 cm³/mol. The van der Waals surface area contributed by atoms with E-state index in [1.165, 1.54) is 70.6 Å². The van der Waals surface area contributed by atoms with Gasteiger partial charge in [-0.2, -0.15) is 0 Å². The Balaban J connectivity index is 2.93. The van der Waals surface area contributed by atoms with Gasteiger partial charge in [0, 0.05) is 0 Å². The topological polar surface area (TPSA) is 0 Å². The van der Waals surface area contributed by atoms with E-state index in [0.29, 0.717) is 0 Å². The van der Waals surface area contributed by atoms with Crippen LogP contribution in [0.15, 0.2) is 12.1 Å². The monoisotopic (exact) mass is 394 g/mol. The van der Waals surface area contributed by atoms with Crippen molar-refractivity contribution in [2.45, 2.75) is 125 Å². The molecule has 0 amide bonds. The Labute approximate surface area is 181 Å². The Kier molecular flexibility index (Phi) is 10.3. The zero-order chi connectivity index (χ0) is 21.2. The highest BCUT2D eigenvalue weighted by Gasteiger charge is 2.21. The molecule has 0 aliphatic rings. The summed E-state index contributed by atoms with van der Waals surface area (Å²) in [6.45, 7) is 14.1. The van der Waals surface area contributed by atoms with Crippen molar-refractivity contribution in [1.82, 2.24) is 0 Å². The summed E-state index contributed by atoms with van der Waals surface area (Å²) in [6.07, 6.45) is 16.4. The molecular formula is C29H46. The van der Waals surface area contributed by atoms with Crippen molar-refractivity contribution in [3.05, 3.63) is 45.5 Å². The summed E-state index contributed by atoms with van der Waals surface area (Å²) in [6, 6.07) is 4.94. The lowest BCUT2D eigenvalue weighted by molar-refractivity contribution is 0.730. The first-order valence-electron chi connectivity index (χ1n) is 12.8. The van der Waals surface area contributed by atoms with Crippen LogP contribution >= 0.6 is 0 Å². The molecule has 0 heterocycles. The lowest BCUT2D eigenvalue weighted by atomic mass is 9.79. The van der Waals surface area contributed by atoms with E-state index < -0.39 is 0 Å². The van der Waals surface area contributed by atoms with Gasteiger partial charge < -0.3 is 0 Å². The van der Waals surface area contributed by atoms with Crippen LogP contribution in [0.1, 0.15) is 120 Å². The number of benzene rings is 2. The fourth-order valence-electron chi connectivity index (χ4n) is 5.18. The number of hydrogen-bond donors (Lipinski definition) is 0. The highest BCUT2D eigenvalue weighted by Crippen LogP contribution is 2.38. The molecule has 0 saturated heterocycles. The van der Waals surface area contributed by atoms with Gasteiger partial charge in [0.25, 0.3) is 0 Å². The molecule has 0 saturated carbocycles. The Hall–Kier alpha value is -1.30. The molecule has 162 valence electrons. The van der Waals surface area contributed by atoms with Gasteiger partial charge >= 0.3 is 0 Å². The first-order chi connectivity index (χ1) is 14.2. The standard InChI is InChI=1S/C29H46/c1-7-13-17-24-25(18-14-8-2)27(16-10-4)29-23(12-6)22(11-5)20-21-28(29)26(24)19-15-9-3/h20-21H,7-19H2,1-6H3. The Morgan fingerprint density at radius 2 is 1.03 bits per heavy atom. The zero-order valence-electron chi connectivity index (χ0n) is 20.3. The van der Waals surface area contributed by atoms with Gasteiger partial charge in [-0.25, -0.2) is 0 Å². The average molecular weight is 395 g/mol. The number of aryl methyl sites for hydroxylation is 4. The molecular weight excluding hydrogens is 348 g/mol. The molecule has 0 atom stereocenters. The number of fused-ring (bicyclic) bond motifs is 1. The maximum Gasteiger partial charge on any atom is -0.0111 e. The molecule has 2 aromatic carbocycles. The maximum absolute atomic E-state index is 2.50. The van der Waals surface area contributed by atoms with Crippen LogP contribution in [-0.4, -0.2) is 0 Å². The lowest BCUT2D eigenvalue weighted by Gasteiger charge is -2.25. The van der Waals surface area contributed by atoms with Crippen LogP contribution in [-0.2, 0) is 38.5 Å². The largest absolute Gasteiger partial charge is 0.0654 e. The van der Waals surface area contributed by atoms with Crippen molar-refractivity contribution < 1.29 is 0 Å². The molecule has 2 rings (SSSR count). The van der Waals surface area contributed by atoms with Gasteiger partial charge in [0.05, 0.1) is 0 Å². The van der Waals surface area contributed by atoms with E-state index in [0.717, 1.165) is 12.8 Å². The summed E-state index contributed by atoms with van der Waals surface area (Å²) in [5.74, 6) is 0. The van der Waals surface area contributed by atoms with Gasteiger partial charge in [-0.1, -0.05) is 79.4 Å². The third-order valence-corrected chi connectivity index (χ3v) is 6.71. The molecule has 0 spiro atoms. The van der Waals surface area contributed by atoms with Crippen LogP contribution in [0.5, 0.6) is 0 Å². The van der Waals surface area contributed by atoms with Crippen molar-refractivity contribution in [2.24, 2.45) is 0 Å². The molecule has 0 fully saturated rings. The maximum atomic E-state index is 2.50. The first kappa shape index (κ1) is 24.0. The smallest absolute Gasteiger partial charge is 0.0111 e. The van der Waals surface area contributed by atoms with Crippen LogP contribution in [0.3, 0.4) is 0 Å². The van der Waals surface area contributed by atoms with E-state index >= 15 is 0 Å². The van der Waals surface area contributed by atoms with Gasteiger partial charge in [0.15, 0.2) is 0 Å². The minimum atomic E-state index is 1.15. The number of hydrogen-bond acceptors (Lipinski definition) is 0. The third-order valence-electron chi connectivity index (χ3n) is 6.71. The van der Waals surface area contributed by atoms with E-state index in [-0.39, 0.29) is 0 Å². The molecule has 29 heavy (non-hydrogen) atoms. The summed E-state index contributed by atoms with van der Waals surface area (Å²) in [4.78, 5) is 0. The molecule has 0 aromatic heterocycles. The second kappa shape index (κ2) is 12.4. The zero-order valence-corrected chi connectivity index (χ0v) is 20.3. The first-order valence-corrected chi connectivity index (χ1v) is 12.8. The summed E-state index contributed by atoms with van der Waals surface area (Å²) in [7, 11) is 0. The molecule has 0 N–H and O–H groups in total.